The number of aliphatic carboxylic acids is 1. The van der Waals surface area contributed by atoms with Crippen LogP contribution in [0, 0.1) is 0 Å². The molecule has 0 aromatic heterocycles. The fraction of sp³-hybridized carbons (Fsp3) is 0.714. The van der Waals surface area contributed by atoms with Crippen LogP contribution >= 0.6 is 0 Å². The average Bonchev–Trinajstić information content (AvgIpc) is 2.11. The van der Waals surface area contributed by atoms with Gasteiger partial charge in [0.1, 0.15) is 12.6 Å². The Balaban J connectivity index is 3.76. The molecule has 0 aliphatic heterocycles. The van der Waals surface area contributed by atoms with Crippen molar-refractivity contribution < 1.29 is 19.4 Å². The molecule has 6 heteroatoms. The molecule has 0 saturated heterocycles. The van der Waals surface area contributed by atoms with Crippen molar-refractivity contribution in [3.63, 3.8) is 0 Å². The first-order valence-corrected chi connectivity index (χ1v) is 3.85. The Labute approximate surface area is 76.3 Å². The molecule has 0 aliphatic rings. The van der Waals surface area contributed by atoms with Crippen LogP contribution in [0.5, 0.6) is 0 Å². The lowest BCUT2D eigenvalue weighted by Crippen LogP contribution is -2.38. The second-order valence-corrected chi connectivity index (χ2v) is 2.54. The van der Waals surface area contributed by atoms with Crippen molar-refractivity contribution in [3.8, 4) is 0 Å². The Hall–Kier alpha value is -1.30. The molecule has 0 rings (SSSR count). The number of carbonyl (C=O) groups excluding carboxylic acids is 1. The van der Waals surface area contributed by atoms with E-state index in [0.717, 1.165) is 0 Å². The molecule has 0 aliphatic carbocycles. The third kappa shape index (κ3) is 4.32. The maximum atomic E-state index is 11.0. The molecule has 0 heterocycles. The highest BCUT2D eigenvalue weighted by molar-refractivity contribution is 5.74. The quantitative estimate of drug-likeness (QED) is 0.622. The topological polar surface area (TPSA) is 92.9 Å². The average molecular weight is 190 g/mol. The standard InChI is InChI=1S/C7H14N2O4/c1-3-9(2)7(12)13-4-5(8)6(10)11/h5H,3-4,8H2,1-2H3,(H,10,11)/t5-/m0/s1. The second kappa shape index (κ2) is 5.36. The summed E-state index contributed by atoms with van der Waals surface area (Å²) in [5.41, 5.74) is 5.11. The van der Waals surface area contributed by atoms with E-state index >= 15 is 0 Å². The van der Waals surface area contributed by atoms with E-state index in [0.29, 0.717) is 6.54 Å². The van der Waals surface area contributed by atoms with Crippen molar-refractivity contribution in [3.05, 3.63) is 0 Å². The lowest BCUT2D eigenvalue weighted by molar-refractivity contribution is -0.139. The molecule has 1 amide bonds. The first-order chi connectivity index (χ1) is 5.99. The zero-order valence-corrected chi connectivity index (χ0v) is 7.69. The van der Waals surface area contributed by atoms with E-state index in [9.17, 15) is 9.59 Å². The zero-order chi connectivity index (χ0) is 10.4. The fourth-order valence-corrected chi connectivity index (χ4v) is 0.472. The highest BCUT2D eigenvalue weighted by Gasteiger charge is 2.15. The van der Waals surface area contributed by atoms with Crippen molar-refractivity contribution in [1.29, 1.82) is 0 Å². The van der Waals surface area contributed by atoms with E-state index in [1.807, 2.05) is 0 Å². The first kappa shape index (κ1) is 11.7. The molecule has 0 radical (unpaired) electrons. The Bertz CT molecular complexity index is 195. The third-order valence-corrected chi connectivity index (χ3v) is 1.49. The summed E-state index contributed by atoms with van der Waals surface area (Å²) >= 11 is 0. The van der Waals surface area contributed by atoms with Crippen molar-refractivity contribution in [2.75, 3.05) is 20.2 Å². The largest absolute Gasteiger partial charge is 0.480 e. The maximum Gasteiger partial charge on any atom is 0.409 e. The first-order valence-electron chi connectivity index (χ1n) is 3.85. The molecular formula is C7H14N2O4. The van der Waals surface area contributed by atoms with Crippen LogP contribution in [0.4, 0.5) is 4.79 Å². The Morgan fingerprint density at radius 1 is 1.62 bits per heavy atom. The van der Waals surface area contributed by atoms with Gasteiger partial charge in [-0.25, -0.2) is 4.79 Å². The summed E-state index contributed by atoms with van der Waals surface area (Å²) < 4.78 is 4.60. The van der Waals surface area contributed by atoms with Crippen molar-refractivity contribution in [2.45, 2.75) is 13.0 Å². The van der Waals surface area contributed by atoms with Crippen LogP contribution in [-0.2, 0) is 9.53 Å². The van der Waals surface area contributed by atoms with Gasteiger partial charge in [-0.1, -0.05) is 0 Å². The van der Waals surface area contributed by atoms with Crippen LogP contribution in [0.2, 0.25) is 0 Å². The number of nitrogens with zero attached hydrogens (tertiary/aromatic N) is 1. The number of hydrogen-bond acceptors (Lipinski definition) is 4. The molecule has 6 nitrogen and oxygen atoms in total. The van der Waals surface area contributed by atoms with Crippen LogP contribution in [0.25, 0.3) is 0 Å². The van der Waals surface area contributed by atoms with E-state index in [4.69, 9.17) is 10.8 Å². The van der Waals surface area contributed by atoms with Gasteiger partial charge in [-0.3, -0.25) is 4.79 Å². The number of carbonyl (C=O) groups is 2. The van der Waals surface area contributed by atoms with E-state index in [1.165, 1.54) is 4.90 Å². The van der Waals surface area contributed by atoms with Crippen molar-refractivity contribution >= 4 is 12.1 Å². The molecule has 13 heavy (non-hydrogen) atoms. The SMILES string of the molecule is CCN(C)C(=O)OC[C@H](N)C(=O)O. The summed E-state index contributed by atoms with van der Waals surface area (Å²) in [6.07, 6.45) is -0.570. The molecule has 0 unspecified atom stereocenters. The van der Waals surface area contributed by atoms with Gasteiger partial charge >= 0.3 is 12.1 Å². The maximum absolute atomic E-state index is 11.0. The van der Waals surface area contributed by atoms with Gasteiger partial charge in [0, 0.05) is 13.6 Å². The third-order valence-electron chi connectivity index (χ3n) is 1.49. The summed E-state index contributed by atoms with van der Waals surface area (Å²) in [5.74, 6) is -1.19. The normalized spacial score (nSPS) is 11.9. The lowest BCUT2D eigenvalue weighted by atomic mass is 10.3. The Kier molecular flexibility index (Phi) is 4.83. The summed E-state index contributed by atoms with van der Waals surface area (Å²) in [4.78, 5) is 22.5. The molecule has 0 saturated carbocycles. The second-order valence-electron chi connectivity index (χ2n) is 2.54. The minimum Gasteiger partial charge on any atom is -0.480 e. The number of rotatable bonds is 4. The number of amides is 1. The molecule has 76 valence electrons. The van der Waals surface area contributed by atoms with Crippen LogP contribution in [0.1, 0.15) is 6.92 Å². The number of nitrogens with two attached hydrogens (primary N) is 1. The number of carboxylic acids is 1. The van der Waals surface area contributed by atoms with E-state index in [1.54, 1.807) is 14.0 Å². The molecular weight excluding hydrogens is 176 g/mol. The van der Waals surface area contributed by atoms with Gasteiger partial charge < -0.3 is 20.5 Å². The lowest BCUT2D eigenvalue weighted by Gasteiger charge is -2.15. The Morgan fingerprint density at radius 3 is 2.54 bits per heavy atom. The van der Waals surface area contributed by atoms with Crippen LogP contribution in [0.3, 0.4) is 0 Å². The van der Waals surface area contributed by atoms with Crippen molar-refractivity contribution in [2.24, 2.45) is 5.73 Å². The molecule has 0 bridgehead atoms. The molecule has 3 N–H and O–H groups in total. The molecule has 0 aromatic carbocycles. The number of ether oxygens (including phenoxy) is 1. The van der Waals surface area contributed by atoms with Gasteiger partial charge in [-0.2, -0.15) is 0 Å². The van der Waals surface area contributed by atoms with E-state index in [2.05, 4.69) is 4.74 Å². The van der Waals surface area contributed by atoms with Gasteiger partial charge in [0.05, 0.1) is 0 Å². The van der Waals surface area contributed by atoms with Crippen LogP contribution < -0.4 is 5.73 Å². The van der Waals surface area contributed by atoms with Crippen LogP contribution in [0.15, 0.2) is 0 Å². The summed E-state index contributed by atoms with van der Waals surface area (Å²) in [6, 6.07) is -1.16. The molecule has 0 fully saturated rings. The Morgan fingerprint density at radius 2 is 2.15 bits per heavy atom. The molecule has 0 aromatic rings. The minimum atomic E-state index is -1.19. The van der Waals surface area contributed by atoms with Gasteiger partial charge in [0.15, 0.2) is 0 Å². The highest BCUT2D eigenvalue weighted by atomic mass is 16.6. The van der Waals surface area contributed by atoms with E-state index in [-0.39, 0.29) is 6.61 Å². The monoisotopic (exact) mass is 190 g/mol. The van der Waals surface area contributed by atoms with Gasteiger partial charge in [-0.15, -0.1) is 0 Å². The predicted molar refractivity (Wildman–Crippen MR) is 45.3 cm³/mol. The van der Waals surface area contributed by atoms with Crippen molar-refractivity contribution in [1.82, 2.24) is 4.90 Å². The molecule has 0 spiro atoms. The minimum absolute atomic E-state index is 0.307. The molecule has 1 atom stereocenters. The summed E-state index contributed by atoms with van der Waals surface area (Å²) in [6.45, 7) is 1.97. The fourth-order valence-electron chi connectivity index (χ4n) is 0.472. The van der Waals surface area contributed by atoms with Gasteiger partial charge in [-0.05, 0) is 6.92 Å². The number of hydrogen-bond donors (Lipinski definition) is 2. The predicted octanol–water partition coefficient (Wildman–Crippen LogP) is -0.513. The smallest absolute Gasteiger partial charge is 0.409 e. The summed E-state index contributed by atoms with van der Waals surface area (Å²) in [5, 5.41) is 8.36. The number of carboxylic acid groups (broad SMARTS) is 1. The van der Waals surface area contributed by atoms with Crippen LogP contribution in [-0.4, -0.2) is 48.3 Å². The van der Waals surface area contributed by atoms with Gasteiger partial charge in [0.2, 0.25) is 0 Å². The highest BCUT2D eigenvalue weighted by Crippen LogP contribution is 1.90. The van der Waals surface area contributed by atoms with E-state index < -0.39 is 18.1 Å². The zero-order valence-electron chi connectivity index (χ0n) is 7.69. The van der Waals surface area contributed by atoms with Gasteiger partial charge in [0.25, 0.3) is 0 Å². The summed E-state index contributed by atoms with van der Waals surface area (Å²) in [7, 11) is 1.55.